The molecular weight excluding hydrogens is 274 g/mol. The first kappa shape index (κ1) is 14.4. The number of carbonyl (C=O) groups is 1. The molecule has 0 aliphatic rings. The van der Waals surface area contributed by atoms with E-state index < -0.39 is 10.9 Å². The third-order valence-electron chi connectivity index (χ3n) is 2.82. The normalized spacial score (nSPS) is 10.1. The second-order valence-corrected chi connectivity index (χ2v) is 4.46. The van der Waals surface area contributed by atoms with E-state index in [1.807, 2.05) is 0 Å². The minimum atomic E-state index is -1.01. The molecule has 2 rings (SSSR count). The Morgan fingerprint density at radius 3 is 2.57 bits per heavy atom. The lowest BCUT2D eigenvalue weighted by molar-refractivity contribution is -0.384. The van der Waals surface area contributed by atoms with Gasteiger partial charge in [-0.25, -0.2) is 9.78 Å². The third-order valence-corrected chi connectivity index (χ3v) is 2.82. The van der Waals surface area contributed by atoms with Gasteiger partial charge in [-0.2, -0.15) is 0 Å². The van der Waals surface area contributed by atoms with Gasteiger partial charge in [-0.05, 0) is 24.6 Å². The van der Waals surface area contributed by atoms with E-state index in [2.05, 4.69) is 10.3 Å². The van der Waals surface area contributed by atoms with Crippen LogP contribution in [0.1, 0.15) is 21.6 Å². The largest absolute Gasteiger partial charge is 0.478 e. The molecule has 0 atom stereocenters. The smallest absolute Gasteiger partial charge is 0.335 e. The van der Waals surface area contributed by atoms with Crippen LogP contribution in [0.2, 0.25) is 0 Å². The van der Waals surface area contributed by atoms with Crippen LogP contribution in [0.15, 0.2) is 36.4 Å². The summed E-state index contributed by atoms with van der Waals surface area (Å²) < 4.78 is 0. The maximum atomic E-state index is 11.0. The van der Waals surface area contributed by atoms with Crippen molar-refractivity contribution in [3.8, 4) is 0 Å². The number of hydrogen-bond donors (Lipinski definition) is 2. The molecule has 0 unspecified atom stereocenters. The van der Waals surface area contributed by atoms with Crippen molar-refractivity contribution in [2.75, 3.05) is 5.32 Å². The van der Waals surface area contributed by atoms with Crippen LogP contribution in [-0.4, -0.2) is 21.0 Å². The maximum Gasteiger partial charge on any atom is 0.335 e. The number of aryl methyl sites for hydroxylation is 1. The molecule has 0 saturated carbocycles. The molecule has 7 nitrogen and oxygen atoms in total. The van der Waals surface area contributed by atoms with Crippen molar-refractivity contribution in [1.29, 1.82) is 0 Å². The molecule has 0 aliphatic carbocycles. The lowest BCUT2D eigenvalue weighted by Crippen LogP contribution is -2.05. The first-order valence-corrected chi connectivity index (χ1v) is 6.15. The Labute approximate surface area is 120 Å². The topological polar surface area (TPSA) is 105 Å². The standard InChI is InChI=1S/C14H13N3O4/c1-9-6-11(14(18)19)7-13(16-9)15-8-10-2-4-12(5-3-10)17(20)21/h2-7H,8H2,1H3,(H,15,16)(H,18,19). The average molecular weight is 287 g/mol. The van der Waals surface area contributed by atoms with E-state index in [9.17, 15) is 14.9 Å². The SMILES string of the molecule is Cc1cc(C(=O)O)cc(NCc2ccc([N+](=O)[O-])cc2)n1. The van der Waals surface area contributed by atoms with Gasteiger partial charge in [0.05, 0.1) is 10.5 Å². The van der Waals surface area contributed by atoms with E-state index in [1.165, 1.54) is 24.3 Å². The van der Waals surface area contributed by atoms with Crippen molar-refractivity contribution in [3.05, 3.63) is 63.3 Å². The monoisotopic (exact) mass is 287 g/mol. The summed E-state index contributed by atoms with van der Waals surface area (Å²) in [4.78, 5) is 25.3. The number of benzene rings is 1. The van der Waals surface area contributed by atoms with Crippen LogP contribution in [-0.2, 0) is 6.54 Å². The third kappa shape index (κ3) is 3.75. The van der Waals surface area contributed by atoms with Gasteiger partial charge in [-0.1, -0.05) is 12.1 Å². The molecule has 0 aliphatic heterocycles. The van der Waals surface area contributed by atoms with Gasteiger partial charge in [0, 0.05) is 24.4 Å². The van der Waals surface area contributed by atoms with Gasteiger partial charge in [0.15, 0.2) is 0 Å². The molecule has 2 N–H and O–H groups in total. The van der Waals surface area contributed by atoms with E-state index >= 15 is 0 Å². The summed E-state index contributed by atoms with van der Waals surface area (Å²) in [6.07, 6.45) is 0. The van der Waals surface area contributed by atoms with Gasteiger partial charge in [0.2, 0.25) is 0 Å². The van der Waals surface area contributed by atoms with E-state index in [4.69, 9.17) is 5.11 Å². The molecule has 0 spiro atoms. The number of nitro groups is 1. The van der Waals surface area contributed by atoms with Gasteiger partial charge in [0.1, 0.15) is 5.82 Å². The predicted octanol–water partition coefficient (Wildman–Crippen LogP) is 2.61. The molecule has 0 radical (unpaired) electrons. The Hall–Kier alpha value is -2.96. The number of non-ortho nitro benzene ring substituents is 1. The average Bonchev–Trinajstić information content (AvgIpc) is 2.45. The molecule has 2 aromatic rings. The molecule has 1 aromatic heterocycles. The Balaban J connectivity index is 2.09. The highest BCUT2D eigenvalue weighted by Gasteiger charge is 2.07. The lowest BCUT2D eigenvalue weighted by Gasteiger charge is -2.07. The summed E-state index contributed by atoms with van der Waals surface area (Å²) in [5.41, 5.74) is 1.62. The van der Waals surface area contributed by atoms with Crippen LogP contribution in [0.5, 0.6) is 0 Å². The highest BCUT2D eigenvalue weighted by Crippen LogP contribution is 2.14. The maximum absolute atomic E-state index is 11.0. The minimum Gasteiger partial charge on any atom is -0.478 e. The Bertz CT molecular complexity index is 683. The number of hydrogen-bond acceptors (Lipinski definition) is 5. The van der Waals surface area contributed by atoms with Crippen molar-refractivity contribution in [2.24, 2.45) is 0 Å². The van der Waals surface area contributed by atoms with Crippen molar-refractivity contribution < 1.29 is 14.8 Å². The van der Waals surface area contributed by atoms with Crippen molar-refractivity contribution in [2.45, 2.75) is 13.5 Å². The molecule has 21 heavy (non-hydrogen) atoms. The summed E-state index contributed by atoms with van der Waals surface area (Å²) in [7, 11) is 0. The number of rotatable bonds is 5. The Kier molecular flexibility index (Phi) is 4.13. The van der Waals surface area contributed by atoms with E-state index in [0.29, 0.717) is 18.1 Å². The molecule has 0 amide bonds. The first-order chi connectivity index (χ1) is 9.95. The number of carboxylic acid groups (broad SMARTS) is 1. The van der Waals surface area contributed by atoms with Crippen LogP contribution in [0.4, 0.5) is 11.5 Å². The number of nitro benzene ring substituents is 1. The van der Waals surface area contributed by atoms with Crippen LogP contribution >= 0.6 is 0 Å². The highest BCUT2D eigenvalue weighted by atomic mass is 16.6. The molecule has 0 fully saturated rings. The van der Waals surface area contributed by atoms with Crippen LogP contribution < -0.4 is 5.32 Å². The molecule has 1 heterocycles. The molecule has 1 aromatic carbocycles. The van der Waals surface area contributed by atoms with Crippen LogP contribution in [0.25, 0.3) is 0 Å². The van der Waals surface area contributed by atoms with Gasteiger partial charge in [0.25, 0.3) is 5.69 Å². The van der Waals surface area contributed by atoms with Gasteiger partial charge >= 0.3 is 5.97 Å². The number of carboxylic acids is 1. The number of anilines is 1. The quantitative estimate of drug-likeness (QED) is 0.646. The Morgan fingerprint density at radius 1 is 1.33 bits per heavy atom. The zero-order chi connectivity index (χ0) is 15.4. The zero-order valence-corrected chi connectivity index (χ0v) is 11.2. The number of nitrogens with one attached hydrogen (secondary N) is 1. The summed E-state index contributed by atoms with van der Waals surface area (Å²) in [6, 6.07) is 9.05. The molecule has 0 saturated heterocycles. The fraction of sp³-hybridized carbons (Fsp3) is 0.143. The summed E-state index contributed by atoms with van der Waals surface area (Å²) in [5.74, 6) is -0.565. The number of aromatic nitrogens is 1. The summed E-state index contributed by atoms with van der Waals surface area (Å²) >= 11 is 0. The summed E-state index contributed by atoms with van der Waals surface area (Å²) in [6.45, 7) is 2.11. The van der Waals surface area contributed by atoms with Crippen LogP contribution in [0.3, 0.4) is 0 Å². The second-order valence-electron chi connectivity index (χ2n) is 4.46. The summed E-state index contributed by atoms with van der Waals surface area (Å²) in [5, 5.41) is 22.5. The fourth-order valence-electron chi connectivity index (χ4n) is 1.81. The molecular formula is C14H13N3O4. The van der Waals surface area contributed by atoms with E-state index in [0.717, 1.165) is 5.56 Å². The number of pyridine rings is 1. The predicted molar refractivity (Wildman–Crippen MR) is 76.4 cm³/mol. The second kappa shape index (κ2) is 6.00. The van der Waals surface area contributed by atoms with Gasteiger partial charge in [-0.3, -0.25) is 10.1 Å². The van der Waals surface area contributed by atoms with E-state index in [-0.39, 0.29) is 11.3 Å². The lowest BCUT2D eigenvalue weighted by atomic mass is 10.2. The Morgan fingerprint density at radius 2 is 2.00 bits per heavy atom. The highest BCUT2D eigenvalue weighted by molar-refractivity contribution is 5.88. The van der Waals surface area contributed by atoms with Crippen LogP contribution in [0, 0.1) is 17.0 Å². The molecule has 108 valence electrons. The number of aromatic carboxylic acids is 1. The zero-order valence-electron chi connectivity index (χ0n) is 11.2. The van der Waals surface area contributed by atoms with Crippen molar-refractivity contribution >= 4 is 17.5 Å². The fourth-order valence-corrected chi connectivity index (χ4v) is 1.81. The van der Waals surface area contributed by atoms with Gasteiger partial charge in [-0.15, -0.1) is 0 Å². The molecule has 0 bridgehead atoms. The minimum absolute atomic E-state index is 0.0283. The van der Waals surface area contributed by atoms with E-state index in [1.54, 1.807) is 19.1 Å². The van der Waals surface area contributed by atoms with Crippen molar-refractivity contribution in [1.82, 2.24) is 4.98 Å². The number of nitrogens with zero attached hydrogens (tertiary/aromatic N) is 2. The first-order valence-electron chi connectivity index (χ1n) is 6.15. The van der Waals surface area contributed by atoms with Crippen molar-refractivity contribution in [3.63, 3.8) is 0 Å². The molecule has 7 heteroatoms. The van der Waals surface area contributed by atoms with Gasteiger partial charge < -0.3 is 10.4 Å².